The van der Waals surface area contributed by atoms with Crippen LogP contribution in [0.5, 0.6) is 0 Å². The van der Waals surface area contributed by atoms with Crippen LogP contribution in [-0.2, 0) is 14.6 Å². The largest absolute Gasteiger partial charge is 0.481 e. The van der Waals surface area contributed by atoms with Crippen molar-refractivity contribution in [2.75, 3.05) is 6.54 Å². The molecule has 0 aliphatic heterocycles. The van der Waals surface area contributed by atoms with E-state index in [4.69, 9.17) is 17.3 Å². The van der Waals surface area contributed by atoms with Gasteiger partial charge in [-0.05, 0) is 42.0 Å². The van der Waals surface area contributed by atoms with Gasteiger partial charge in [-0.15, -0.1) is 0 Å². The number of halogens is 2. The lowest BCUT2D eigenvalue weighted by Crippen LogP contribution is -2.31. The standard InChI is InChI=1S/C17H15ClFNO4S/c18-11-3-7-13(8-4-11)25(23,24)15-14(17(15,9-20)16(21)22)10-1-5-12(19)6-2-10/h1-8,14-15H,9,20H2,(H,21,22)/t14-,15-,17-/m0/s1. The van der Waals surface area contributed by atoms with E-state index in [2.05, 4.69) is 0 Å². The minimum absolute atomic E-state index is 0.0226. The summed E-state index contributed by atoms with van der Waals surface area (Å²) < 4.78 is 39.2. The van der Waals surface area contributed by atoms with Crippen LogP contribution >= 0.6 is 11.6 Å². The number of aliphatic carboxylic acids is 1. The number of sulfone groups is 1. The molecule has 0 saturated heterocycles. The van der Waals surface area contributed by atoms with Crippen LogP contribution in [0.15, 0.2) is 53.4 Å². The van der Waals surface area contributed by atoms with Gasteiger partial charge in [0.25, 0.3) is 0 Å². The van der Waals surface area contributed by atoms with Crippen molar-refractivity contribution < 1.29 is 22.7 Å². The molecule has 0 heterocycles. The molecule has 5 nitrogen and oxygen atoms in total. The number of carboxylic acids is 1. The molecule has 3 N–H and O–H groups in total. The Morgan fingerprint density at radius 3 is 2.20 bits per heavy atom. The van der Waals surface area contributed by atoms with Gasteiger partial charge in [0.2, 0.25) is 0 Å². The molecular weight excluding hydrogens is 369 g/mol. The van der Waals surface area contributed by atoms with Crippen molar-refractivity contribution >= 4 is 27.4 Å². The lowest BCUT2D eigenvalue weighted by Gasteiger charge is -2.10. The molecule has 25 heavy (non-hydrogen) atoms. The molecular formula is C17H15ClFNO4S. The molecule has 0 unspecified atom stereocenters. The molecule has 1 fully saturated rings. The summed E-state index contributed by atoms with van der Waals surface area (Å²) in [5.74, 6) is -2.63. The van der Waals surface area contributed by atoms with Crippen molar-refractivity contribution in [3.63, 3.8) is 0 Å². The summed E-state index contributed by atoms with van der Waals surface area (Å²) in [5, 5.41) is 8.82. The molecule has 132 valence electrons. The van der Waals surface area contributed by atoms with E-state index in [0.717, 1.165) is 0 Å². The molecule has 0 bridgehead atoms. The maximum Gasteiger partial charge on any atom is 0.312 e. The van der Waals surface area contributed by atoms with E-state index in [1.165, 1.54) is 48.5 Å². The molecule has 2 aromatic carbocycles. The highest BCUT2D eigenvalue weighted by atomic mass is 35.5. The zero-order valence-electron chi connectivity index (χ0n) is 12.9. The molecule has 2 aromatic rings. The van der Waals surface area contributed by atoms with Crippen molar-refractivity contribution in [2.24, 2.45) is 11.1 Å². The van der Waals surface area contributed by atoms with Gasteiger partial charge in [-0.1, -0.05) is 23.7 Å². The van der Waals surface area contributed by atoms with Crippen LogP contribution in [-0.4, -0.2) is 31.3 Å². The summed E-state index contributed by atoms with van der Waals surface area (Å²) in [6, 6.07) is 10.6. The lowest BCUT2D eigenvalue weighted by molar-refractivity contribution is -0.143. The smallest absolute Gasteiger partial charge is 0.312 e. The van der Waals surface area contributed by atoms with Gasteiger partial charge in [-0.3, -0.25) is 4.79 Å². The summed E-state index contributed by atoms with van der Waals surface area (Å²) in [6.07, 6.45) is 0. The van der Waals surface area contributed by atoms with Crippen LogP contribution in [0.2, 0.25) is 5.02 Å². The van der Waals surface area contributed by atoms with Gasteiger partial charge in [-0.2, -0.15) is 0 Å². The van der Waals surface area contributed by atoms with Gasteiger partial charge >= 0.3 is 5.97 Å². The van der Waals surface area contributed by atoms with Crippen molar-refractivity contribution in [2.45, 2.75) is 16.1 Å². The third kappa shape index (κ3) is 2.72. The van der Waals surface area contributed by atoms with Crippen LogP contribution in [0.25, 0.3) is 0 Å². The Morgan fingerprint density at radius 2 is 1.72 bits per heavy atom. The fraction of sp³-hybridized carbons (Fsp3) is 0.235. The molecule has 1 aliphatic rings. The normalized spacial score (nSPS) is 25.6. The summed E-state index contributed by atoms with van der Waals surface area (Å²) in [4.78, 5) is 11.8. The number of hydrogen-bond donors (Lipinski definition) is 2. The number of hydrogen-bond acceptors (Lipinski definition) is 4. The summed E-state index contributed by atoms with van der Waals surface area (Å²) in [7, 11) is -3.97. The Kier molecular flexibility index (Phi) is 4.35. The monoisotopic (exact) mass is 383 g/mol. The first kappa shape index (κ1) is 17.8. The van der Waals surface area contributed by atoms with Crippen molar-refractivity contribution in [3.05, 3.63) is 64.9 Å². The fourth-order valence-electron chi connectivity index (χ4n) is 3.36. The van der Waals surface area contributed by atoms with E-state index in [-0.39, 0.29) is 11.4 Å². The van der Waals surface area contributed by atoms with Crippen molar-refractivity contribution in [1.29, 1.82) is 0 Å². The minimum Gasteiger partial charge on any atom is -0.481 e. The second kappa shape index (κ2) is 6.09. The first-order valence-corrected chi connectivity index (χ1v) is 9.36. The van der Waals surface area contributed by atoms with Gasteiger partial charge in [-0.25, -0.2) is 12.8 Å². The molecule has 0 spiro atoms. The van der Waals surface area contributed by atoms with Crippen LogP contribution in [0.3, 0.4) is 0 Å². The molecule has 3 atom stereocenters. The average Bonchev–Trinajstić information content (AvgIpc) is 3.27. The Bertz CT molecular complexity index is 915. The third-order valence-corrected chi connectivity index (χ3v) is 7.24. The molecule has 0 radical (unpaired) electrons. The van der Waals surface area contributed by atoms with Gasteiger partial charge in [0.15, 0.2) is 9.84 Å². The van der Waals surface area contributed by atoms with Gasteiger partial charge in [0.05, 0.1) is 10.1 Å². The fourth-order valence-corrected chi connectivity index (χ4v) is 5.87. The van der Waals surface area contributed by atoms with Crippen LogP contribution < -0.4 is 5.73 Å². The van der Waals surface area contributed by atoms with E-state index in [1.807, 2.05) is 0 Å². The zero-order chi connectivity index (χ0) is 18.4. The van der Waals surface area contributed by atoms with Crippen molar-refractivity contribution in [3.8, 4) is 0 Å². The van der Waals surface area contributed by atoms with Gasteiger partial charge in [0.1, 0.15) is 11.2 Å². The molecule has 0 aromatic heterocycles. The van der Waals surface area contributed by atoms with E-state index in [0.29, 0.717) is 10.6 Å². The topological polar surface area (TPSA) is 97.5 Å². The Morgan fingerprint density at radius 1 is 1.16 bits per heavy atom. The molecule has 0 amide bonds. The molecule has 1 saturated carbocycles. The highest BCUT2D eigenvalue weighted by Crippen LogP contribution is 2.63. The van der Waals surface area contributed by atoms with Crippen LogP contribution in [0.1, 0.15) is 11.5 Å². The maximum absolute atomic E-state index is 13.2. The SMILES string of the molecule is NC[C@]1(C(=O)O)[C@@H](c2ccc(F)cc2)[C@@H]1S(=O)(=O)c1ccc(Cl)cc1. The first-order valence-electron chi connectivity index (χ1n) is 7.43. The predicted octanol–water partition coefficient (Wildman–Crippen LogP) is 2.45. The summed E-state index contributed by atoms with van der Waals surface area (Å²) in [6.45, 7) is -0.345. The predicted molar refractivity (Wildman–Crippen MR) is 90.7 cm³/mol. The number of rotatable bonds is 5. The third-order valence-electron chi connectivity index (χ3n) is 4.70. The highest BCUT2D eigenvalue weighted by molar-refractivity contribution is 7.92. The summed E-state index contributed by atoms with van der Waals surface area (Å²) >= 11 is 5.79. The lowest BCUT2D eigenvalue weighted by atomic mass is 9.99. The maximum atomic E-state index is 13.2. The first-order chi connectivity index (χ1) is 11.7. The quantitative estimate of drug-likeness (QED) is 0.826. The zero-order valence-corrected chi connectivity index (χ0v) is 14.5. The van der Waals surface area contributed by atoms with Crippen LogP contribution in [0, 0.1) is 11.2 Å². The average molecular weight is 384 g/mol. The molecule has 8 heteroatoms. The molecule has 1 aliphatic carbocycles. The minimum atomic E-state index is -3.97. The van der Waals surface area contributed by atoms with E-state index in [9.17, 15) is 22.7 Å². The van der Waals surface area contributed by atoms with Gasteiger partial charge in [0, 0.05) is 17.5 Å². The second-order valence-electron chi connectivity index (χ2n) is 6.00. The number of carbonyl (C=O) groups is 1. The number of carboxylic acid groups (broad SMARTS) is 1. The molecule has 3 rings (SSSR count). The second-order valence-corrected chi connectivity index (χ2v) is 8.50. The Labute approximate surface area is 149 Å². The van der Waals surface area contributed by atoms with Crippen molar-refractivity contribution in [1.82, 2.24) is 0 Å². The van der Waals surface area contributed by atoms with Gasteiger partial charge < -0.3 is 10.8 Å². The number of benzene rings is 2. The van der Waals surface area contributed by atoms with E-state index < -0.39 is 38.2 Å². The Balaban J connectivity index is 2.10. The van der Waals surface area contributed by atoms with Crippen LogP contribution in [0.4, 0.5) is 4.39 Å². The van der Waals surface area contributed by atoms with E-state index in [1.54, 1.807) is 0 Å². The summed E-state index contributed by atoms with van der Waals surface area (Å²) in [5.41, 5.74) is 4.46. The number of nitrogens with two attached hydrogens (primary N) is 1. The van der Waals surface area contributed by atoms with E-state index >= 15 is 0 Å². The highest BCUT2D eigenvalue weighted by Gasteiger charge is 2.75. The Hall–Kier alpha value is -1.96.